The summed E-state index contributed by atoms with van der Waals surface area (Å²) in [5, 5.41) is 27.3. The van der Waals surface area contributed by atoms with Crippen LogP contribution in [0.2, 0.25) is 40.2 Å². The Morgan fingerprint density at radius 1 is 0.500 bits per heavy atom. The van der Waals surface area contributed by atoms with Gasteiger partial charge in [-0.05, 0) is 98.5 Å². The second-order valence-corrected chi connectivity index (χ2v) is 17.2. The standard InChI is InChI=1S/C44H34Cl8N8O6/c1-5-23-24(6-2)32(54-44(66)38(20(4)62)60-58-34-12-8-10-26(36(34)52)42(64)56-40-29(49)17-22(46)18-30(40)50)14-13-31(23)53-43(65)37(19(3)61)59-57-33-11-7-9-25(35(33)51)41(63)55-39-27(47)15-21(45)16-28(39)48/h7-18,37-38H,5-6H2,1-4H3,(H,53,65)(H,54,66)(H,55,63)(H,56,64). The molecule has 0 aliphatic rings. The number of amides is 4. The molecule has 0 aliphatic heterocycles. The molecule has 5 rings (SSSR count). The lowest BCUT2D eigenvalue weighted by atomic mass is 9.98. The van der Waals surface area contributed by atoms with Crippen molar-refractivity contribution in [3.05, 3.63) is 135 Å². The molecule has 4 amide bonds. The van der Waals surface area contributed by atoms with Crippen molar-refractivity contribution in [1.82, 2.24) is 0 Å². The first-order chi connectivity index (χ1) is 31.2. The molecule has 0 fully saturated rings. The molecule has 5 aromatic rings. The summed E-state index contributed by atoms with van der Waals surface area (Å²) in [5.74, 6) is -4.34. The Labute approximate surface area is 417 Å². The van der Waals surface area contributed by atoms with Crippen LogP contribution in [-0.2, 0) is 32.0 Å². The molecule has 2 unspecified atom stereocenters. The molecular weight excluding hydrogens is 1020 g/mol. The van der Waals surface area contributed by atoms with Gasteiger partial charge in [-0.15, -0.1) is 0 Å². The zero-order valence-corrected chi connectivity index (χ0v) is 40.8. The predicted molar refractivity (Wildman–Crippen MR) is 262 cm³/mol. The van der Waals surface area contributed by atoms with E-state index in [2.05, 4.69) is 41.7 Å². The smallest absolute Gasteiger partial charge is 0.258 e. The van der Waals surface area contributed by atoms with Crippen molar-refractivity contribution in [2.24, 2.45) is 20.5 Å². The monoisotopic (exact) mass is 1050 g/mol. The van der Waals surface area contributed by atoms with Gasteiger partial charge in [-0.2, -0.15) is 20.5 Å². The van der Waals surface area contributed by atoms with Crippen LogP contribution in [0.25, 0.3) is 0 Å². The van der Waals surface area contributed by atoms with E-state index in [-0.39, 0.29) is 74.1 Å². The maximum atomic E-state index is 13.6. The van der Waals surface area contributed by atoms with Crippen LogP contribution >= 0.6 is 92.8 Å². The number of Topliss-reactive ketones (excluding diaryl/α,β-unsaturated/α-hetero) is 2. The normalized spacial score (nSPS) is 12.2. The van der Waals surface area contributed by atoms with E-state index >= 15 is 0 Å². The van der Waals surface area contributed by atoms with Gasteiger partial charge >= 0.3 is 0 Å². The summed E-state index contributed by atoms with van der Waals surface area (Å²) < 4.78 is 0. The fourth-order valence-electron chi connectivity index (χ4n) is 6.24. The van der Waals surface area contributed by atoms with Gasteiger partial charge < -0.3 is 21.3 Å². The Kier molecular flexibility index (Phi) is 18.1. The highest BCUT2D eigenvalue weighted by Gasteiger charge is 2.28. The van der Waals surface area contributed by atoms with Gasteiger partial charge in [-0.3, -0.25) is 28.8 Å². The van der Waals surface area contributed by atoms with Gasteiger partial charge in [0.05, 0.1) is 52.6 Å². The SMILES string of the molecule is CCc1c(NC(=O)C(N=Nc2cccc(C(=O)Nc3c(Cl)cc(Cl)cc3Cl)c2Cl)C(C)=O)ccc(NC(=O)C(N=Nc2cccc(C(=O)Nc3c(Cl)cc(Cl)cc3Cl)c2Cl)C(C)=O)c1CC. The van der Waals surface area contributed by atoms with Crippen molar-refractivity contribution in [3.63, 3.8) is 0 Å². The number of carbonyl (C=O) groups excluding carboxylic acids is 6. The van der Waals surface area contributed by atoms with E-state index in [1.807, 2.05) is 13.8 Å². The zero-order valence-electron chi connectivity index (χ0n) is 34.8. The Balaban J connectivity index is 1.32. The van der Waals surface area contributed by atoms with Crippen molar-refractivity contribution in [2.75, 3.05) is 21.3 Å². The number of nitrogens with zero attached hydrogens (tertiary/aromatic N) is 4. The number of azo groups is 2. The van der Waals surface area contributed by atoms with Crippen LogP contribution in [0.4, 0.5) is 34.1 Å². The zero-order chi connectivity index (χ0) is 48.6. The molecule has 0 radical (unpaired) electrons. The summed E-state index contributed by atoms with van der Waals surface area (Å²) in [6.07, 6.45) is 0.723. The van der Waals surface area contributed by atoms with Gasteiger partial charge in [0.25, 0.3) is 23.6 Å². The fraction of sp³-hybridized carbons (Fsp3) is 0.182. The minimum atomic E-state index is -1.63. The lowest BCUT2D eigenvalue weighted by Crippen LogP contribution is -2.33. The highest BCUT2D eigenvalue weighted by Crippen LogP contribution is 2.38. The van der Waals surface area contributed by atoms with Gasteiger partial charge in [-0.25, -0.2) is 0 Å². The second-order valence-electron chi connectivity index (χ2n) is 13.9. The van der Waals surface area contributed by atoms with E-state index in [1.165, 1.54) is 72.8 Å². The number of rotatable bonds is 16. The predicted octanol–water partition coefficient (Wildman–Crippen LogP) is 13.9. The Hall–Kier alpha value is -5.16. The van der Waals surface area contributed by atoms with Gasteiger partial charge in [0, 0.05) is 21.4 Å². The van der Waals surface area contributed by atoms with Crippen LogP contribution < -0.4 is 21.3 Å². The molecule has 14 nitrogen and oxygen atoms in total. The Morgan fingerprint density at radius 3 is 1.14 bits per heavy atom. The van der Waals surface area contributed by atoms with Gasteiger partial charge in [-0.1, -0.05) is 119 Å². The summed E-state index contributed by atoms with van der Waals surface area (Å²) in [5.41, 5.74) is 1.94. The molecule has 4 N–H and O–H groups in total. The maximum Gasteiger partial charge on any atom is 0.258 e. The number of benzene rings is 5. The molecule has 0 saturated heterocycles. The quantitative estimate of drug-likeness (QED) is 0.0559. The number of halogens is 8. The summed E-state index contributed by atoms with van der Waals surface area (Å²) in [6.45, 7) is 5.96. The van der Waals surface area contributed by atoms with Crippen LogP contribution in [0, 0.1) is 0 Å². The Morgan fingerprint density at radius 2 is 0.833 bits per heavy atom. The first-order valence-electron chi connectivity index (χ1n) is 19.3. The first kappa shape index (κ1) is 51.8. The number of nitrogens with one attached hydrogen (secondary N) is 4. The van der Waals surface area contributed by atoms with Crippen LogP contribution in [0.15, 0.2) is 93.3 Å². The van der Waals surface area contributed by atoms with Gasteiger partial charge in [0.2, 0.25) is 12.1 Å². The van der Waals surface area contributed by atoms with Crippen molar-refractivity contribution in [3.8, 4) is 0 Å². The molecule has 342 valence electrons. The second kappa shape index (κ2) is 23.0. The van der Waals surface area contributed by atoms with Gasteiger partial charge in [0.1, 0.15) is 11.4 Å². The molecule has 0 heterocycles. The van der Waals surface area contributed by atoms with E-state index in [0.717, 1.165) is 13.8 Å². The average Bonchev–Trinajstić information content (AvgIpc) is 3.24. The number of carbonyl (C=O) groups is 6. The highest BCUT2D eigenvalue weighted by molar-refractivity contribution is 6.44. The molecule has 0 aromatic heterocycles. The molecule has 0 spiro atoms. The van der Waals surface area contributed by atoms with Crippen molar-refractivity contribution in [1.29, 1.82) is 0 Å². The highest BCUT2D eigenvalue weighted by atomic mass is 35.5. The van der Waals surface area contributed by atoms with E-state index in [4.69, 9.17) is 92.8 Å². The van der Waals surface area contributed by atoms with E-state index < -0.39 is 47.3 Å². The van der Waals surface area contributed by atoms with E-state index in [9.17, 15) is 28.8 Å². The topological polar surface area (TPSA) is 200 Å². The summed E-state index contributed by atoms with van der Waals surface area (Å²) in [7, 11) is 0. The lowest BCUT2D eigenvalue weighted by molar-refractivity contribution is -0.127. The largest absolute Gasteiger partial charge is 0.323 e. The number of ketones is 2. The average molecular weight is 1050 g/mol. The third-order valence-electron chi connectivity index (χ3n) is 9.42. The van der Waals surface area contributed by atoms with E-state index in [0.29, 0.717) is 35.3 Å². The molecule has 0 bridgehead atoms. The van der Waals surface area contributed by atoms with Crippen LogP contribution in [0.3, 0.4) is 0 Å². The first-order valence-corrected chi connectivity index (χ1v) is 22.4. The Bertz CT molecular complexity index is 2620. The van der Waals surface area contributed by atoms with Crippen molar-refractivity contribution >= 4 is 162 Å². The molecule has 66 heavy (non-hydrogen) atoms. The fourth-order valence-corrected chi connectivity index (χ4v) is 8.57. The summed E-state index contributed by atoms with van der Waals surface area (Å²) in [4.78, 5) is 79.1. The van der Waals surface area contributed by atoms with Crippen LogP contribution in [0.1, 0.15) is 59.5 Å². The third kappa shape index (κ3) is 12.4. The van der Waals surface area contributed by atoms with Gasteiger partial charge in [0.15, 0.2) is 11.6 Å². The summed E-state index contributed by atoms with van der Waals surface area (Å²) >= 11 is 49.9. The number of hydrogen-bond acceptors (Lipinski definition) is 10. The maximum absolute atomic E-state index is 13.6. The minimum absolute atomic E-state index is 0.0200. The number of hydrogen-bond donors (Lipinski definition) is 4. The van der Waals surface area contributed by atoms with E-state index in [1.54, 1.807) is 0 Å². The molecule has 22 heteroatoms. The molecule has 2 atom stereocenters. The van der Waals surface area contributed by atoms with Crippen LogP contribution in [-0.4, -0.2) is 47.3 Å². The van der Waals surface area contributed by atoms with Crippen molar-refractivity contribution in [2.45, 2.75) is 52.6 Å². The molecule has 0 saturated carbocycles. The summed E-state index contributed by atoms with van der Waals surface area (Å²) in [6, 6.07) is 14.0. The lowest BCUT2D eigenvalue weighted by Gasteiger charge is -2.20. The minimum Gasteiger partial charge on any atom is -0.323 e. The molecule has 5 aromatic carbocycles. The molecular formula is C44H34Cl8N8O6. The van der Waals surface area contributed by atoms with Crippen LogP contribution in [0.5, 0.6) is 0 Å². The molecule has 0 aliphatic carbocycles. The third-order valence-corrected chi connectivity index (χ3v) is 11.8. The van der Waals surface area contributed by atoms with Crippen molar-refractivity contribution < 1.29 is 28.8 Å². The number of anilines is 4.